The van der Waals surface area contributed by atoms with Crippen molar-refractivity contribution in [1.82, 2.24) is 10.6 Å². The Morgan fingerprint density at radius 1 is 1.31 bits per heavy atom. The maximum Gasteiger partial charge on any atom is 0.314 e. The van der Waals surface area contributed by atoms with Crippen LogP contribution in [0.1, 0.15) is 26.2 Å². The lowest BCUT2D eigenvalue weighted by molar-refractivity contribution is -0.137. The minimum Gasteiger partial charge on any atom is -0.481 e. The van der Waals surface area contributed by atoms with Gasteiger partial charge in [-0.2, -0.15) is 11.8 Å². The molecule has 0 heterocycles. The Kier molecular flexibility index (Phi) is 8.80. The first-order valence-corrected chi connectivity index (χ1v) is 6.61. The summed E-state index contributed by atoms with van der Waals surface area (Å²) < 4.78 is 0. The van der Waals surface area contributed by atoms with E-state index in [-0.39, 0.29) is 12.5 Å². The van der Waals surface area contributed by atoms with Gasteiger partial charge in [-0.1, -0.05) is 6.92 Å². The van der Waals surface area contributed by atoms with E-state index in [0.717, 1.165) is 0 Å². The number of urea groups is 1. The van der Waals surface area contributed by atoms with Crippen LogP contribution in [0.25, 0.3) is 0 Å². The van der Waals surface area contributed by atoms with Gasteiger partial charge in [0, 0.05) is 24.8 Å². The third kappa shape index (κ3) is 9.64. The smallest absolute Gasteiger partial charge is 0.314 e. The minimum absolute atomic E-state index is 0.160. The maximum absolute atomic E-state index is 11.2. The Labute approximate surface area is 100 Å². The summed E-state index contributed by atoms with van der Waals surface area (Å²) in [5, 5.41) is 14.2. The minimum atomic E-state index is -0.793. The average Bonchev–Trinajstić information content (AvgIpc) is 2.24. The van der Waals surface area contributed by atoms with Crippen molar-refractivity contribution in [3.8, 4) is 0 Å². The van der Waals surface area contributed by atoms with E-state index in [1.165, 1.54) is 0 Å². The first-order valence-electron chi connectivity index (χ1n) is 5.32. The number of carbonyl (C=O) groups is 2. The highest BCUT2D eigenvalue weighted by molar-refractivity contribution is 7.99. The number of hydrogen-bond acceptors (Lipinski definition) is 3. The second kappa shape index (κ2) is 9.33. The molecule has 5 nitrogen and oxygen atoms in total. The molecule has 0 bridgehead atoms. The van der Waals surface area contributed by atoms with Gasteiger partial charge in [-0.15, -0.1) is 0 Å². The fraction of sp³-hybridized carbons (Fsp3) is 0.800. The molecule has 0 aromatic carbocycles. The molecule has 3 N–H and O–H groups in total. The Hall–Kier alpha value is -0.910. The van der Waals surface area contributed by atoms with Gasteiger partial charge < -0.3 is 15.7 Å². The lowest BCUT2D eigenvalue weighted by Crippen LogP contribution is -2.38. The van der Waals surface area contributed by atoms with Crippen LogP contribution >= 0.6 is 11.8 Å². The Bertz CT molecular complexity index is 224. The van der Waals surface area contributed by atoms with Gasteiger partial charge in [0.25, 0.3) is 0 Å². The van der Waals surface area contributed by atoms with E-state index in [4.69, 9.17) is 5.11 Å². The summed E-state index contributed by atoms with van der Waals surface area (Å²) in [5.74, 6) is -0.793. The van der Waals surface area contributed by atoms with Gasteiger partial charge in [0.05, 0.1) is 0 Å². The van der Waals surface area contributed by atoms with Crippen LogP contribution in [0.2, 0.25) is 0 Å². The molecule has 0 fully saturated rings. The molecule has 0 aromatic rings. The lowest BCUT2D eigenvalue weighted by Gasteiger charge is -2.10. The van der Waals surface area contributed by atoms with Gasteiger partial charge in [-0.05, 0) is 19.1 Å². The average molecular weight is 248 g/mol. The van der Waals surface area contributed by atoms with Crippen LogP contribution < -0.4 is 10.6 Å². The maximum atomic E-state index is 11.2. The van der Waals surface area contributed by atoms with Gasteiger partial charge >= 0.3 is 12.0 Å². The number of rotatable bonds is 8. The fourth-order valence-electron chi connectivity index (χ4n) is 0.985. The number of carboxylic acid groups (broad SMARTS) is 1. The van der Waals surface area contributed by atoms with E-state index in [1.807, 2.05) is 13.2 Å². The van der Waals surface area contributed by atoms with Crippen LogP contribution in [0.5, 0.6) is 0 Å². The molecule has 0 saturated heterocycles. The second-order valence-corrected chi connectivity index (χ2v) is 4.81. The van der Waals surface area contributed by atoms with Crippen LogP contribution in [0.3, 0.4) is 0 Å². The second-order valence-electron chi connectivity index (χ2n) is 3.53. The number of carbonyl (C=O) groups excluding carboxylic acids is 1. The molecule has 16 heavy (non-hydrogen) atoms. The normalized spacial score (nSPS) is 11.9. The SMILES string of the molecule is CSC(C)CNC(=O)NCCCCC(=O)O. The highest BCUT2D eigenvalue weighted by atomic mass is 32.2. The highest BCUT2D eigenvalue weighted by Crippen LogP contribution is 2.02. The predicted molar refractivity (Wildman–Crippen MR) is 65.9 cm³/mol. The Balaban J connectivity index is 3.33. The van der Waals surface area contributed by atoms with Crippen LogP contribution in [0.15, 0.2) is 0 Å². The van der Waals surface area contributed by atoms with Crippen molar-refractivity contribution in [1.29, 1.82) is 0 Å². The zero-order valence-electron chi connectivity index (χ0n) is 9.78. The van der Waals surface area contributed by atoms with Gasteiger partial charge in [0.15, 0.2) is 0 Å². The molecule has 0 spiro atoms. The van der Waals surface area contributed by atoms with Crippen LogP contribution in [0.4, 0.5) is 4.79 Å². The molecule has 0 aliphatic rings. The third-order valence-electron chi connectivity index (χ3n) is 2.06. The van der Waals surface area contributed by atoms with Crippen molar-refractivity contribution < 1.29 is 14.7 Å². The van der Waals surface area contributed by atoms with E-state index < -0.39 is 5.97 Å². The molecular weight excluding hydrogens is 228 g/mol. The molecule has 1 atom stereocenters. The predicted octanol–water partition coefficient (Wildman–Crippen LogP) is 1.29. The van der Waals surface area contributed by atoms with Gasteiger partial charge in [-0.3, -0.25) is 4.79 Å². The quantitative estimate of drug-likeness (QED) is 0.566. The molecule has 94 valence electrons. The molecule has 0 rings (SSSR count). The van der Waals surface area contributed by atoms with Crippen molar-refractivity contribution in [3.05, 3.63) is 0 Å². The monoisotopic (exact) mass is 248 g/mol. The molecule has 0 aliphatic carbocycles. The van der Waals surface area contributed by atoms with E-state index in [0.29, 0.717) is 31.2 Å². The molecule has 0 saturated carbocycles. The van der Waals surface area contributed by atoms with Crippen LogP contribution in [0, 0.1) is 0 Å². The largest absolute Gasteiger partial charge is 0.481 e. The van der Waals surface area contributed by atoms with Gasteiger partial charge in [0.1, 0.15) is 0 Å². The summed E-state index contributed by atoms with van der Waals surface area (Å²) in [4.78, 5) is 21.4. The van der Waals surface area contributed by atoms with E-state index in [1.54, 1.807) is 11.8 Å². The Morgan fingerprint density at radius 3 is 2.56 bits per heavy atom. The van der Waals surface area contributed by atoms with E-state index in [2.05, 4.69) is 10.6 Å². The van der Waals surface area contributed by atoms with Crippen LogP contribution in [-0.4, -0.2) is 41.7 Å². The highest BCUT2D eigenvalue weighted by Gasteiger charge is 2.03. The molecule has 2 amide bonds. The third-order valence-corrected chi connectivity index (χ3v) is 3.03. The first-order chi connectivity index (χ1) is 7.56. The summed E-state index contributed by atoms with van der Waals surface area (Å²) in [7, 11) is 0. The zero-order chi connectivity index (χ0) is 12.4. The van der Waals surface area contributed by atoms with Crippen molar-refractivity contribution in [2.75, 3.05) is 19.3 Å². The van der Waals surface area contributed by atoms with Crippen molar-refractivity contribution in [2.24, 2.45) is 0 Å². The number of carboxylic acids is 1. The van der Waals surface area contributed by atoms with Gasteiger partial charge in [-0.25, -0.2) is 4.79 Å². The number of aliphatic carboxylic acids is 1. The number of amides is 2. The Morgan fingerprint density at radius 2 is 2.00 bits per heavy atom. The number of hydrogen-bond donors (Lipinski definition) is 3. The summed E-state index contributed by atoms with van der Waals surface area (Å²) in [6, 6.07) is -0.184. The fourth-order valence-corrected chi connectivity index (χ4v) is 1.24. The summed E-state index contributed by atoms with van der Waals surface area (Å²) in [6.45, 7) is 3.20. The van der Waals surface area contributed by atoms with Crippen LogP contribution in [-0.2, 0) is 4.79 Å². The first kappa shape index (κ1) is 15.1. The molecule has 1 unspecified atom stereocenters. The number of unbranched alkanes of at least 4 members (excludes halogenated alkanes) is 1. The zero-order valence-corrected chi connectivity index (χ0v) is 10.6. The molecule has 0 aromatic heterocycles. The van der Waals surface area contributed by atoms with Gasteiger partial charge in [0.2, 0.25) is 0 Å². The van der Waals surface area contributed by atoms with Crippen molar-refractivity contribution in [2.45, 2.75) is 31.4 Å². The topological polar surface area (TPSA) is 78.4 Å². The van der Waals surface area contributed by atoms with E-state index >= 15 is 0 Å². The summed E-state index contributed by atoms with van der Waals surface area (Å²) in [5.41, 5.74) is 0. The molecule has 0 aliphatic heterocycles. The summed E-state index contributed by atoms with van der Waals surface area (Å²) >= 11 is 1.69. The summed E-state index contributed by atoms with van der Waals surface area (Å²) in [6.07, 6.45) is 3.44. The van der Waals surface area contributed by atoms with E-state index in [9.17, 15) is 9.59 Å². The standard InChI is InChI=1S/C10H20N2O3S/c1-8(16-2)7-12-10(15)11-6-4-3-5-9(13)14/h8H,3-7H2,1-2H3,(H,13,14)(H2,11,12,15). The molecule has 0 radical (unpaired) electrons. The number of thioether (sulfide) groups is 1. The molecular formula is C10H20N2O3S. The lowest BCUT2D eigenvalue weighted by atomic mass is 10.2. The van der Waals surface area contributed by atoms with Crippen molar-refractivity contribution in [3.63, 3.8) is 0 Å². The van der Waals surface area contributed by atoms with Crippen molar-refractivity contribution >= 4 is 23.8 Å². The number of nitrogens with one attached hydrogen (secondary N) is 2. The molecule has 6 heteroatoms.